The van der Waals surface area contributed by atoms with E-state index in [1.54, 1.807) is 24.3 Å². The monoisotopic (exact) mass is 454 g/mol. The summed E-state index contributed by atoms with van der Waals surface area (Å²) in [4.78, 5) is 10.8. The van der Waals surface area contributed by atoms with Gasteiger partial charge in [0.1, 0.15) is 0 Å². The van der Waals surface area contributed by atoms with E-state index in [2.05, 4.69) is 15.9 Å². The van der Waals surface area contributed by atoms with E-state index in [4.69, 9.17) is 0 Å². The molecule has 0 spiro atoms. The number of rotatable bonds is 1. The van der Waals surface area contributed by atoms with Crippen LogP contribution in [0.5, 0.6) is 0 Å². The zero-order chi connectivity index (χ0) is 10.1. The molecule has 2 aromatic rings. The summed E-state index contributed by atoms with van der Waals surface area (Å²) in [7, 11) is 0. The van der Waals surface area contributed by atoms with E-state index in [-0.39, 0.29) is 32.9 Å². The Balaban J connectivity index is 0.00000112. The molecule has 0 bridgehead atoms. The summed E-state index contributed by atoms with van der Waals surface area (Å²) in [5.74, 6) is -1.14. The van der Waals surface area contributed by atoms with Crippen LogP contribution in [0.2, 0.25) is 0 Å². The largest absolute Gasteiger partial charge is 1.00 e. The van der Waals surface area contributed by atoms with Gasteiger partial charge in [0, 0.05) is 10.0 Å². The number of hydrogen-bond acceptors (Lipinski definition) is 2. The molecule has 2 aromatic carbocycles. The topological polar surface area (TPSA) is 40.1 Å². The Morgan fingerprint density at radius 3 is 2.33 bits per heavy atom. The summed E-state index contributed by atoms with van der Waals surface area (Å²) < 4.78 is 0.887. The molecule has 0 saturated carbocycles. The molecule has 0 radical (unpaired) electrons. The number of halogens is 1. The number of carboxylic acids is 1. The van der Waals surface area contributed by atoms with Crippen molar-refractivity contribution in [3.05, 3.63) is 46.4 Å². The van der Waals surface area contributed by atoms with Gasteiger partial charge in [0.15, 0.2) is 0 Å². The number of carboxylic acid groups (broad SMARTS) is 1. The van der Waals surface area contributed by atoms with Crippen LogP contribution in [0, 0.1) is 0 Å². The van der Waals surface area contributed by atoms with Crippen LogP contribution in [0.3, 0.4) is 0 Å². The molecule has 0 aliphatic rings. The van der Waals surface area contributed by atoms with Gasteiger partial charge in [0.2, 0.25) is 0 Å². The van der Waals surface area contributed by atoms with Crippen molar-refractivity contribution in [2.75, 3.05) is 0 Å². The van der Waals surface area contributed by atoms with Gasteiger partial charge in [0.05, 0.1) is 5.97 Å². The number of aromatic carboxylic acids is 1. The SMILES string of the molecule is O=C([O-])c1cccc2c(Br)cccc12.[Tl+]. The molecule has 0 aliphatic carbocycles. The van der Waals surface area contributed by atoms with Crippen molar-refractivity contribution in [2.45, 2.75) is 0 Å². The quantitative estimate of drug-likeness (QED) is 0.615. The van der Waals surface area contributed by atoms with Crippen molar-refractivity contribution in [3.63, 3.8) is 0 Å². The average Bonchev–Trinajstić information content (AvgIpc) is 2.17. The van der Waals surface area contributed by atoms with Crippen molar-refractivity contribution in [2.24, 2.45) is 0 Å². The van der Waals surface area contributed by atoms with Crippen LogP contribution in [0.25, 0.3) is 10.8 Å². The maximum atomic E-state index is 10.8. The molecule has 72 valence electrons. The molecule has 0 saturated heterocycles. The van der Waals surface area contributed by atoms with Crippen LogP contribution < -0.4 is 5.11 Å². The van der Waals surface area contributed by atoms with E-state index < -0.39 is 5.97 Å². The van der Waals surface area contributed by atoms with Crippen LogP contribution in [-0.4, -0.2) is 33.3 Å². The molecular formula is C11H6BrO2Tl. The van der Waals surface area contributed by atoms with Gasteiger partial charge in [0.25, 0.3) is 0 Å². The Hall–Kier alpha value is -0.428. The fourth-order valence-electron chi connectivity index (χ4n) is 1.45. The Bertz CT molecular complexity index is 511. The number of hydrogen-bond donors (Lipinski definition) is 0. The van der Waals surface area contributed by atoms with Crippen molar-refractivity contribution in [3.8, 4) is 0 Å². The summed E-state index contributed by atoms with van der Waals surface area (Å²) in [5.41, 5.74) is 0.226. The van der Waals surface area contributed by atoms with Crippen LogP contribution in [-0.2, 0) is 0 Å². The molecule has 0 aliphatic heterocycles. The van der Waals surface area contributed by atoms with E-state index in [1.807, 2.05) is 12.1 Å². The summed E-state index contributed by atoms with van der Waals surface area (Å²) in [6.45, 7) is 0. The molecule has 2 nitrogen and oxygen atoms in total. The third-order valence-corrected chi connectivity index (χ3v) is 2.78. The Labute approximate surface area is 116 Å². The number of carbonyl (C=O) groups is 1. The van der Waals surface area contributed by atoms with Gasteiger partial charge >= 0.3 is 27.3 Å². The van der Waals surface area contributed by atoms with Crippen molar-refractivity contribution in [1.82, 2.24) is 0 Å². The maximum absolute atomic E-state index is 10.8. The van der Waals surface area contributed by atoms with Gasteiger partial charge in [-0.25, -0.2) is 0 Å². The Kier molecular flexibility index (Phi) is 4.27. The Morgan fingerprint density at radius 1 is 1.07 bits per heavy atom. The first-order valence-electron chi connectivity index (χ1n) is 4.09. The summed E-state index contributed by atoms with van der Waals surface area (Å²) in [6, 6.07) is 10.6. The predicted molar refractivity (Wildman–Crippen MR) is 61.7 cm³/mol. The fourth-order valence-corrected chi connectivity index (χ4v) is 1.95. The van der Waals surface area contributed by atoms with Gasteiger partial charge in [-0.2, -0.15) is 0 Å². The van der Waals surface area contributed by atoms with Gasteiger partial charge in [-0.3, -0.25) is 0 Å². The molecule has 0 amide bonds. The molecule has 2 rings (SSSR count). The first-order chi connectivity index (χ1) is 6.70. The Morgan fingerprint density at radius 2 is 1.67 bits per heavy atom. The van der Waals surface area contributed by atoms with Gasteiger partial charge in [-0.1, -0.05) is 46.3 Å². The second-order valence-electron chi connectivity index (χ2n) is 2.93. The molecule has 0 N–H and O–H groups in total. The minimum Gasteiger partial charge on any atom is -0.545 e. The second-order valence-corrected chi connectivity index (χ2v) is 3.78. The second kappa shape index (κ2) is 5.07. The molecule has 0 atom stereocenters. The summed E-state index contributed by atoms with van der Waals surface area (Å²) >= 11 is 3.37. The molecule has 0 aromatic heterocycles. The van der Waals surface area contributed by atoms with Crippen LogP contribution in [0.15, 0.2) is 40.9 Å². The number of carbonyl (C=O) groups excluding carboxylic acids is 1. The van der Waals surface area contributed by atoms with Crippen molar-refractivity contribution >= 4 is 60.0 Å². The third kappa shape index (κ3) is 2.39. The van der Waals surface area contributed by atoms with Crippen LogP contribution >= 0.6 is 15.9 Å². The predicted octanol–water partition coefficient (Wildman–Crippen LogP) is 1.58. The first kappa shape index (κ1) is 12.6. The van der Waals surface area contributed by atoms with Crippen molar-refractivity contribution < 1.29 is 9.90 Å². The fraction of sp³-hybridized carbons (Fsp3) is 0. The smallest absolute Gasteiger partial charge is 0.545 e. The minimum absolute atomic E-state index is 0. The van der Waals surface area contributed by atoms with E-state index in [0.29, 0.717) is 5.39 Å². The summed E-state index contributed by atoms with van der Waals surface area (Å²) in [6.07, 6.45) is 0. The van der Waals surface area contributed by atoms with Gasteiger partial charge < -0.3 is 9.90 Å². The molecule has 0 heterocycles. The molecule has 0 unspecified atom stereocenters. The van der Waals surface area contributed by atoms with Crippen molar-refractivity contribution in [1.29, 1.82) is 0 Å². The number of fused-ring (bicyclic) bond motifs is 1. The maximum Gasteiger partial charge on any atom is 1.00 e. The minimum atomic E-state index is -1.14. The van der Waals surface area contributed by atoms with E-state index in [9.17, 15) is 9.90 Å². The van der Waals surface area contributed by atoms with Gasteiger partial charge in [-0.05, 0) is 16.8 Å². The molecule has 4 heteroatoms. The molecular weight excluding hydrogens is 448 g/mol. The zero-order valence-electron chi connectivity index (χ0n) is 7.74. The normalized spacial score (nSPS) is 9.67. The summed E-state index contributed by atoms with van der Waals surface area (Å²) in [5, 5.41) is 12.4. The molecule has 15 heavy (non-hydrogen) atoms. The standard InChI is InChI=1S/C11H7BrO2.Tl/c12-10-6-2-3-7-8(10)4-1-5-9(7)11(13)14;/h1-6H,(H,13,14);/q;+1/p-1. The van der Waals surface area contributed by atoms with Crippen LogP contribution in [0.1, 0.15) is 10.4 Å². The van der Waals surface area contributed by atoms with E-state index in [1.165, 1.54) is 0 Å². The molecule has 0 fully saturated rings. The zero-order valence-corrected chi connectivity index (χ0v) is 13.8. The first-order valence-corrected chi connectivity index (χ1v) is 4.88. The van der Waals surface area contributed by atoms with E-state index in [0.717, 1.165) is 9.86 Å². The average molecular weight is 454 g/mol. The third-order valence-electron chi connectivity index (χ3n) is 2.09. The van der Waals surface area contributed by atoms with Crippen LogP contribution in [0.4, 0.5) is 0 Å². The van der Waals surface area contributed by atoms with E-state index >= 15 is 0 Å². The van der Waals surface area contributed by atoms with Gasteiger partial charge in [-0.15, -0.1) is 0 Å². The number of benzene rings is 2.